The lowest BCUT2D eigenvalue weighted by atomic mass is 10.1. The third-order valence-corrected chi connectivity index (χ3v) is 4.16. The lowest BCUT2D eigenvalue weighted by Gasteiger charge is -2.14. The molecule has 0 aromatic heterocycles. The molecule has 2 aromatic rings. The van der Waals surface area contributed by atoms with Crippen LogP contribution < -0.4 is 5.32 Å². The Hall–Kier alpha value is -1.45. The number of hydrogen-bond donors (Lipinski definition) is 2. The molecule has 0 bridgehead atoms. The third-order valence-electron chi connectivity index (χ3n) is 3.42. The van der Waals surface area contributed by atoms with Crippen LogP contribution in [0.5, 0.6) is 5.75 Å². The van der Waals surface area contributed by atoms with Gasteiger partial charge in [-0.25, -0.2) is 0 Å². The molecule has 0 radical (unpaired) electrons. The number of phenolic OH excluding ortho intramolecular Hbond substituents is 1. The molecule has 1 atom stereocenters. The second-order valence-electron chi connectivity index (χ2n) is 4.87. The van der Waals surface area contributed by atoms with E-state index in [4.69, 9.17) is 0 Å². The molecule has 2 aromatic carbocycles. The van der Waals surface area contributed by atoms with Gasteiger partial charge < -0.3 is 10.4 Å². The van der Waals surface area contributed by atoms with Crippen molar-refractivity contribution in [3.63, 3.8) is 0 Å². The minimum Gasteiger partial charge on any atom is -0.508 e. The van der Waals surface area contributed by atoms with Crippen molar-refractivity contribution in [2.75, 3.05) is 12.8 Å². The van der Waals surface area contributed by atoms with Crippen LogP contribution in [-0.4, -0.2) is 17.9 Å². The molecule has 106 valence electrons. The standard InChI is InChI=1S/C17H21NOS/c1-13(15-5-9-17(20-2)10-6-15)18-12-11-14-3-7-16(19)8-4-14/h3-10,13,18-19H,11-12H2,1-2H3. The Balaban J connectivity index is 1.82. The van der Waals surface area contributed by atoms with Crippen molar-refractivity contribution < 1.29 is 5.11 Å². The van der Waals surface area contributed by atoms with E-state index in [-0.39, 0.29) is 0 Å². The Morgan fingerprint density at radius 2 is 1.70 bits per heavy atom. The Morgan fingerprint density at radius 1 is 1.05 bits per heavy atom. The highest BCUT2D eigenvalue weighted by atomic mass is 32.2. The summed E-state index contributed by atoms with van der Waals surface area (Å²) in [5.74, 6) is 0.323. The zero-order valence-electron chi connectivity index (χ0n) is 12.0. The van der Waals surface area contributed by atoms with Gasteiger partial charge in [-0.3, -0.25) is 0 Å². The van der Waals surface area contributed by atoms with Crippen LogP contribution in [0.2, 0.25) is 0 Å². The molecule has 0 aliphatic carbocycles. The molecule has 2 N–H and O–H groups in total. The Labute approximate surface area is 125 Å². The topological polar surface area (TPSA) is 32.3 Å². The second kappa shape index (κ2) is 7.36. The molecule has 0 fully saturated rings. The summed E-state index contributed by atoms with van der Waals surface area (Å²) in [5.41, 5.74) is 2.55. The first-order valence-corrected chi connectivity index (χ1v) is 8.07. The predicted octanol–water partition coefficient (Wildman–Crippen LogP) is 4.01. The van der Waals surface area contributed by atoms with E-state index in [0.29, 0.717) is 11.8 Å². The molecular weight excluding hydrogens is 266 g/mol. The van der Waals surface area contributed by atoms with Gasteiger partial charge in [0.05, 0.1) is 0 Å². The fourth-order valence-electron chi connectivity index (χ4n) is 2.11. The normalized spacial score (nSPS) is 12.3. The van der Waals surface area contributed by atoms with Crippen LogP contribution in [0, 0.1) is 0 Å². The van der Waals surface area contributed by atoms with E-state index in [1.54, 1.807) is 23.9 Å². The van der Waals surface area contributed by atoms with Crippen molar-refractivity contribution >= 4 is 11.8 Å². The van der Waals surface area contributed by atoms with Crippen molar-refractivity contribution in [3.05, 3.63) is 59.7 Å². The average Bonchev–Trinajstić information content (AvgIpc) is 2.49. The molecule has 0 spiro atoms. The van der Waals surface area contributed by atoms with Gasteiger partial charge in [-0.05, 0) is 61.5 Å². The summed E-state index contributed by atoms with van der Waals surface area (Å²) in [6.45, 7) is 3.11. The molecule has 0 amide bonds. The molecule has 2 rings (SSSR count). The first-order chi connectivity index (χ1) is 9.69. The van der Waals surface area contributed by atoms with Gasteiger partial charge in [0.1, 0.15) is 5.75 Å². The summed E-state index contributed by atoms with van der Waals surface area (Å²) >= 11 is 1.76. The Kier molecular flexibility index (Phi) is 5.50. The summed E-state index contributed by atoms with van der Waals surface area (Å²) in [5, 5.41) is 12.8. The van der Waals surface area contributed by atoms with E-state index >= 15 is 0 Å². The van der Waals surface area contributed by atoms with Gasteiger partial charge in [0.25, 0.3) is 0 Å². The molecule has 0 aliphatic heterocycles. The van der Waals surface area contributed by atoms with Gasteiger partial charge >= 0.3 is 0 Å². The maximum atomic E-state index is 9.24. The highest BCUT2D eigenvalue weighted by molar-refractivity contribution is 7.98. The third kappa shape index (κ3) is 4.29. The Morgan fingerprint density at radius 3 is 2.30 bits per heavy atom. The van der Waals surface area contributed by atoms with E-state index in [2.05, 4.69) is 42.8 Å². The van der Waals surface area contributed by atoms with E-state index in [1.807, 2.05) is 12.1 Å². The van der Waals surface area contributed by atoms with Gasteiger partial charge in [0, 0.05) is 10.9 Å². The van der Waals surface area contributed by atoms with E-state index < -0.39 is 0 Å². The Bertz CT molecular complexity index is 522. The summed E-state index contributed by atoms with van der Waals surface area (Å²) in [7, 11) is 0. The summed E-state index contributed by atoms with van der Waals surface area (Å²) in [6, 6.07) is 16.5. The molecule has 0 aliphatic rings. The van der Waals surface area contributed by atoms with Crippen molar-refractivity contribution in [2.24, 2.45) is 0 Å². The number of thioether (sulfide) groups is 1. The summed E-state index contributed by atoms with van der Waals surface area (Å²) in [6.07, 6.45) is 3.06. The van der Waals surface area contributed by atoms with Gasteiger partial charge in [-0.2, -0.15) is 0 Å². The minimum atomic E-state index is 0.323. The lowest BCUT2D eigenvalue weighted by Crippen LogP contribution is -2.21. The first-order valence-electron chi connectivity index (χ1n) is 6.84. The smallest absolute Gasteiger partial charge is 0.115 e. The molecule has 0 saturated heterocycles. The minimum absolute atomic E-state index is 0.323. The maximum Gasteiger partial charge on any atom is 0.115 e. The highest BCUT2D eigenvalue weighted by Crippen LogP contribution is 2.19. The number of aromatic hydroxyl groups is 1. The number of phenols is 1. The van der Waals surface area contributed by atoms with Crippen LogP contribution in [0.1, 0.15) is 24.1 Å². The zero-order valence-corrected chi connectivity index (χ0v) is 12.8. The van der Waals surface area contributed by atoms with Crippen LogP contribution in [0.3, 0.4) is 0 Å². The van der Waals surface area contributed by atoms with Crippen LogP contribution in [-0.2, 0) is 6.42 Å². The van der Waals surface area contributed by atoms with E-state index in [0.717, 1.165) is 13.0 Å². The monoisotopic (exact) mass is 287 g/mol. The average molecular weight is 287 g/mol. The molecule has 0 saturated carbocycles. The molecule has 20 heavy (non-hydrogen) atoms. The zero-order chi connectivity index (χ0) is 14.4. The van der Waals surface area contributed by atoms with E-state index in [9.17, 15) is 5.11 Å². The number of hydrogen-bond acceptors (Lipinski definition) is 3. The fourth-order valence-corrected chi connectivity index (χ4v) is 2.51. The van der Waals surface area contributed by atoms with Crippen LogP contribution in [0.25, 0.3) is 0 Å². The quantitative estimate of drug-likeness (QED) is 0.787. The number of benzene rings is 2. The highest BCUT2D eigenvalue weighted by Gasteiger charge is 2.04. The number of nitrogens with one attached hydrogen (secondary N) is 1. The summed E-state index contributed by atoms with van der Waals surface area (Å²) < 4.78 is 0. The first kappa shape index (κ1) is 14.9. The molecular formula is C17H21NOS. The van der Waals surface area contributed by atoms with Crippen LogP contribution >= 0.6 is 11.8 Å². The van der Waals surface area contributed by atoms with Gasteiger partial charge in [0.15, 0.2) is 0 Å². The maximum absolute atomic E-state index is 9.24. The molecule has 0 heterocycles. The second-order valence-corrected chi connectivity index (χ2v) is 5.75. The van der Waals surface area contributed by atoms with Gasteiger partial charge in [-0.1, -0.05) is 24.3 Å². The fraction of sp³-hybridized carbons (Fsp3) is 0.294. The van der Waals surface area contributed by atoms with Gasteiger partial charge in [0.2, 0.25) is 0 Å². The molecule has 1 unspecified atom stereocenters. The SMILES string of the molecule is CSc1ccc(C(C)NCCc2ccc(O)cc2)cc1. The van der Waals surface area contributed by atoms with Gasteiger partial charge in [-0.15, -0.1) is 11.8 Å². The largest absolute Gasteiger partial charge is 0.508 e. The van der Waals surface area contributed by atoms with Crippen LogP contribution in [0.15, 0.2) is 53.4 Å². The predicted molar refractivity (Wildman–Crippen MR) is 86.5 cm³/mol. The van der Waals surface area contributed by atoms with Crippen LogP contribution in [0.4, 0.5) is 0 Å². The molecule has 2 nitrogen and oxygen atoms in total. The number of rotatable bonds is 6. The lowest BCUT2D eigenvalue weighted by molar-refractivity contribution is 0.475. The van der Waals surface area contributed by atoms with Crippen molar-refractivity contribution in [1.29, 1.82) is 0 Å². The summed E-state index contributed by atoms with van der Waals surface area (Å²) in [4.78, 5) is 1.30. The molecule has 3 heteroatoms. The van der Waals surface area contributed by atoms with Crippen molar-refractivity contribution in [3.8, 4) is 5.75 Å². The van der Waals surface area contributed by atoms with E-state index in [1.165, 1.54) is 16.0 Å². The van der Waals surface area contributed by atoms with Crippen molar-refractivity contribution in [2.45, 2.75) is 24.3 Å². The van der Waals surface area contributed by atoms with Crippen molar-refractivity contribution in [1.82, 2.24) is 5.32 Å².